The Morgan fingerprint density at radius 2 is 1.88 bits per heavy atom. The van der Waals surface area contributed by atoms with Gasteiger partial charge in [-0.15, -0.1) is 0 Å². The molecule has 1 N–H and O–H groups in total. The van der Waals surface area contributed by atoms with Crippen molar-refractivity contribution < 1.29 is 17.4 Å². The largest absolute Gasteiger partial charge is 0.378 e. The molecule has 0 saturated carbocycles. The van der Waals surface area contributed by atoms with Crippen molar-refractivity contribution in [3.05, 3.63) is 63.0 Å². The first-order chi connectivity index (χ1) is 12.2. The molecule has 0 bridgehead atoms. The van der Waals surface area contributed by atoms with E-state index in [4.69, 9.17) is 16.4 Å². The number of thioether (sulfide) groups is 1. The third-order valence-corrected chi connectivity index (χ3v) is 6.31. The maximum atomic E-state index is 12.5. The van der Waals surface area contributed by atoms with Gasteiger partial charge in [-0.05, 0) is 43.3 Å². The molecule has 0 spiro atoms. The molecule has 1 aliphatic heterocycles. The van der Waals surface area contributed by atoms with E-state index in [-0.39, 0.29) is 16.6 Å². The van der Waals surface area contributed by atoms with Crippen LogP contribution in [-0.2, 0) is 14.9 Å². The summed E-state index contributed by atoms with van der Waals surface area (Å²) in [7, 11) is -4.00. The van der Waals surface area contributed by atoms with E-state index in [0.717, 1.165) is 21.8 Å². The van der Waals surface area contributed by atoms with Gasteiger partial charge in [0.25, 0.3) is 5.91 Å². The van der Waals surface area contributed by atoms with Gasteiger partial charge in [-0.25, -0.2) is 0 Å². The monoisotopic (exact) mass is 469 g/mol. The molecule has 134 valence electrons. The third kappa shape index (κ3) is 4.35. The van der Waals surface area contributed by atoms with E-state index < -0.39 is 10.1 Å². The Labute approximate surface area is 169 Å². The van der Waals surface area contributed by atoms with Crippen molar-refractivity contribution in [1.82, 2.24) is 5.32 Å². The maximum absolute atomic E-state index is 12.5. The molecule has 9 heteroatoms. The van der Waals surface area contributed by atoms with Gasteiger partial charge in [0.05, 0.1) is 4.91 Å². The Hall–Kier alpha value is -1.68. The normalized spacial score (nSPS) is 16.0. The van der Waals surface area contributed by atoms with Crippen LogP contribution in [0.1, 0.15) is 11.1 Å². The van der Waals surface area contributed by atoms with Crippen LogP contribution in [0.2, 0.25) is 0 Å². The van der Waals surface area contributed by atoms with Gasteiger partial charge in [0, 0.05) is 10.0 Å². The minimum atomic E-state index is -4.00. The zero-order valence-electron chi connectivity index (χ0n) is 13.4. The van der Waals surface area contributed by atoms with Crippen molar-refractivity contribution in [2.75, 3.05) is 0 Å². The molecular weight excluding hydrogens is 458 g/mol. The molecule has 1 saturated heterocycles. The van der Waals surface area contributed by atoms with Gasteiger partial charge in [-0.2, -0.15) is 8.42 Å². The highest BCUT2D eigenvalue weighted by molar-refractivity contribution is 9.10. The smallest absolute Gasteiger partial charge is 0.339 e. The van der Waals surface area contributed by atoms with Crippen LogP contribution in [0, 0.1) is 6.92 Å². The molecule has 2 aromatic rings. The Balaban J connectivity index is 1.98. The standard InChI is InChI=1S/C17H12BrNO4S3/c1-10-2-5-13(6-3-10)26(21,22)23-14-7-4-12(18)8-11(14)9-15-16(20)19-17(24)25-15/h2-9H,1H3,(H,19,20,24)/b15-9+. The Morgan fingerprint density at radius 1 is 1.19 bits per heavy atom. The first-order valence-corrected chi connectivity index (χ1v) is 10.7. The second-order valence-electron chi connectivity index (χ2n) is 5.38. The number of halogens is 1. The molecular formula is C17H12BrNO4S3. The van der Waals surface area contributed by atoms with Gasteiger partial charge >= 0.3 is 10.1 Å². The molecule has 0 aliphatic carbocycles. The predicted octanol–water partition coefficient (Wildman–Crippen LogP) is 4.01. The van der Waals surface area contributed by atoms with Gasteiger partial charge in [0.1, 0.15) is 15.0 Å². The maximum Gasteiger partial charge on any atom is 0.339 e. The van der Waals surface area contributed by atoms with Crippen LogP contribution in [-0.4, -0.2) is 18.6 Å². The molecule has 0 radical (unpaired) electrons. The fourth-order valence-electron chi connectivity index (χ4n) is 2.14. The lowest BCUT2D eigenvalue weighted by atomic mass is 10.2. The number of carbonyl (C=O) groups is 1. The van der Waals surface area contributed by atoms with Gasteiger partial charge in [0.15, 0.2) is 0 Å². The second kappa shape index (κ2) is 7.51. The molecule has 5 nitrogen and oxygen atoms in total. The number of thiocarbonyl (C=S) groups is 1. The summed E-state index contributed by atoms with van der Waals surface area (Å²) in [6, 6.07) is 11.2. The number of nitrogens with one attached hydrogen (secondary N) is 1. The predicted molar refractivity (Wildman–Crippen MR) is 109 cm³/mol. The van der Waals surface area contributed by atoms with Crippen LogP contribution in [0.4, 0.5) is 0 Å². The Kier molecular flexibility index (Phi) is 5.52. The number of benzene rings is 2. The first-order valence-electron chi connectivity index (χ1n) is 7.30. The van der Waals surface area contributed by atoms with Gasteiger partial charge < -0.3 is 9.50 Å². The fourth-order valence-corrected chi connectivity index (χ4v) is 4.51. The summed E-state index contributed by atoms with van der Waals surface area (Å²) in [6.07, 6.45) is 1.55. The minimum Gasteiger partial charge on any atom is -0.378 e. The number of hydrogen-bond donors (Lipinski definition) is 1. The van der Waals surface area contributed by atoms with Crippen molar-refractivity contribution in [2.45, 2.75) is 11.8 Å². The van der Waals surface area contributed by atoms with Crippen molar-refractivity contribution in [3.8, 4) is 5.75 Å². The number of aryl methyl sites for hydroxylation is 1. The van der Waals surface area contributed by atoms with Crippen LogP contribution < -0.4 is 9.50 Å². The van der Waals surface area contributed by atoms with E-state index in [2.05, 4.69) is 21.2 Å². The zero-order chi connectivity index (χ0) is 18.9. The first kappa shape index (κ1) is 19.1. The SMILES string of the molecule is Cc1ccc(S(=O)(=O)Oc2ccc(Br)cc2/C=C2/SC(=S)NC2=O)cc1. The van der Waals surface area contributed by atoms with E-state index in [1.54, 1.807) is 30.3 Å². The summed E-state index contributed by atoms with van der Waals surface area (Å²) >= 11 is 9.41. The van der Waals surface area contributed by atoms with Crippen LogP contribution in [0.15, 0.2) is 56.7 Å². The van der Waals surface area contributed by atoms with Crippen molar-refractivity contribution in [3.63, 3.8) is 0 Å². The van der Waals surface area contributed by atoms with Crippen LogP contribution >= 0.6 is 39.9 Å². The highest BCUT2D eigenvalue weighted by atomic mass is 79.9. The number of hydrogen-bond acceptors (Lipinski definition) is 6. The summed E-state index contributed by atoms with van der Waals surface area (Å²) < 4.78 is 31.5. The molecule has 1 aliphatic rings. The van der Waals surface area contributed by atoms with Crippen LogP contribution in [0.3, 0.4) is 0 Å². The molecule has 3 rings (SSSR count). The van der Waals surface area contributed by atoms with Crippen molar-refractivity contribution in [1.29, 1.82) is 0 Å². The molecule has 1 fully saturated rings. The average Bonchev–Trinajstić information content (AvgIpc) is 2.88. The lowest BCUT2D eigenvalue weighted by molar-refractivity contribution is -0.115. The number of amides is 1. The topological polar surface area (TPSA) is 72.5 Å². The van der Waals surface area contributed by atoms with Crippen molar-refractivity contribution in [2.24, 2.45) is 0 Å². The Morgan fingerprint density at radius 3 is 2.50 bits per heavy atom. The van der Waals surface area contributed by atoms with Crippen LogP contribution in [0.5, 0.6) is 5.75 Å². The van der Waals surface area contributed by atoms with Crippen LogP contribution in [0.25, 0.3) is 6.08 Å². The molecule has 2 aromatic carbocycles. The summed E-state index contributed by atoms with van der Waals surface area (Å²) in [5, 5.41) is 2.52. The lowest BCUT2D eigenvalue weighted by Crippen LogP contribution is -2.17. The minimum absolute atomic E-state index is 0.0544. The molecule has 0 unspecified atom stereocenters. The summed E-state index contributed by atoms with van der Waals surface area (Å²) in [5.41, 5.74) is 1.38. The molecule has 26 heavy (non-hydrogen) atoms. The number of rotatable bonds is 4. The second-order valence-corrected chi connectivity index (χ2v) is 9.57. The quantitative estimate of drug-likeness (QED) is 0.414. The molecule has 1 amide bonds. The highest BCUT2D eigenvalue weighted by Crippen LogP contribution is 2.32. The molecule has 0 aromatic heterocycles. The zero-order valence-corrected chi connectivity index (χ0v) is 17.4. The van der Waals surface area contributed by atoms with E-state index in [9.17, 15) is 13.2 Å². The molecule has 1 heterocycles. The van der Waals surface area contributed by atoms with E-state index in [0.29, 0.717) is 14.8 Å². The molecule has 0 atom stereocenters. The number of carbonyl (C=O) groups excluding carboxylic acids is 1. The summed E-state index contributed by atoms with van der Waals surface area (Å²) in [5.74, 6) is -0.209. The van der Waals surface area contributed by atoms with Gasteiger partial charge in [-0.1, -0.05) is 57.6 Å². The highest BCUT2D eigenvalue weighted by Gasteiger charge is 2.24. The van der Waals surface area contributed by atoms with Gasteiger partial charge in [0.2, 0.25) is 0 Å². The van der Waals surface area contributed by atoms with Crippen molar-refractivity contribution >= 4 is 66.3 Å². The third-order valence-electron chi connectivity index (χ3n) is 3.41. The van der Waals surface area contributed by atoms with E-state index in [1.165, 1.54) is 18.2 Å². The summed E-state index contributed by atoms with van der Waals surface area (Å²) in [6.45, 7) is 1.87. The summed E-state index contributed by atoms with van der Waals surface area (Å²) in [4.78, 5) is 12.3. The van der Waals surface area contributed by atoms with E-state index in [1.807, 2.05) is 6.92 Å². The average molecular weight is 470 g/mol. The lowest BCUT2D eigenvalue weighted by Gasteiger charge is -2.10. The Bertz CT molecular complexity index is 1030. The fraction of sp³-hybridized carbons (Fsp3) is 0.0588. The van der Waals surface area contributed by atoms with Gasteiger partial charge in [-0.3, -0.25) is 4.79 Å². The van der Waals surface area contributed by atoms with E-state index >= 15 is 0 Å².